The highest BCUT2D eigenvalue weighted by atomic mass is 32.2. The number of amides is 1. The van der Waals surface area contributed by atoms with E-state index in [1.54, 1.807) is 19.1 Å². The lowest BCUT2D eigenvalue weighted by atomic mass is 10.1. The van der Waals surface area contributed by atoms with Crippen LogP contribution in [0.1, 0.15) is 30.4 Å². The average molecular weight is 404 g/mol. The van der Waals surface area contributed by atoms with Crippen molar-refractivity contribution in [3.05, 3.63) is 29.3 Å². The van der Waals surface area contributed by atoms with Crippen LogP contribution in [-0.4, -0.2) is 49.7 Å². The molecule has 0 atom stereocenters. The molecule has 0 N–H and O–H groups in total. The third-order valence-electron chi connectivity index (χ3n) is 5.29. The van der Waals surface area contributed by atoms with Gasteiger partial charge in [0.15, 0.2) is 0 Å². The van der Waals surface area contributed by atoms with Crippen LogP contribution in [0.5, 0.6) is 0 Å². The SMILES string of the molecule is Cc1c(S(=O)(=O)N2CCCN(C(=O)C3CC3)CC2)sc2ccc(C#N)cc12. The Morgan fingerprint density at radius 2 is 2.00 bits per heavy atom. The van der Waals surface area contributed by atoms with Gasteiger partial charge in [-0.15, -0.1) is 11.3 Å². The number of sulfonamides is 1. The molecule has 2 fully saturated rings. The van der Waals surface area contributed by atoms with Gasteiger partial charge in [-0.3, -0.25) is 4.79 Å². The second-order valence-electron chi connectivity index (χ2n) is 7.19. The van der Waals surface area contributed by atoms with Crippen molar-refractivity contribution in [2.75, 3.05) is 26.2 Å². The molecule has 2 aromatic rings. The standard InChI is InChI=1S/C19H21N3O3S2/c1-13-16-11-14(12-20)3-6-17(16)26-19(13)27(24,25)22-8-2-7-21(9-10-22)18(23)15-4-5-15/h3,6,11,15H,2,4-5,7-10H2,1H3. The second kappa shape index (κ2) is 6.89. The minimum atomic E-state index is -3.62. The Labute approximate surface area is 163 Å². The average Bonchev–Trinajstić information content (AvgIpc) is 3.48. The number of nitriles is 1. The van der Waals surface area contributed by atoms with Crippen molar-refractivity contribution in [3.8, 4) is 6.07 Å². The van der Waals surface area contributed by atoms with E-state index in [1.807, 2.05) is 11.0 Å². The fourth-order valence-electron chi connectivity index (χ4n) is 3.57. The number of aryl methyl sites for hydroxylation is 1. The molecule has 1 aromatic carbocycles. The van der Waals surface area contributed by atoms with Crippen molar-refractivity contribution >= 4 is 37.4 Å². The van der Waals surface area contributed by atoms with Gasteiger partial charge in [-0.1, -0.05) is 0 Å². The van der Waals surface area contributed by atoms with Crippen LogP contribution in [0.2, 0.25) is 0 Å². The highest BCUT2D eigenvalue weighted by Gasteiger charge is 2.36. The maximum Gasteiger partial charge on any atom is 0.252 e. The van der Waals surface area contributed by atoms with E-state index in [0.717, 1.165) is 22.9 Å². The molecule has 4 rings (SSSR count). The topological polar surface area (TPSA) is 81.5 Å². The number of carbonyl (C=O) groups is 1. The number of carbonyl (C=O) groups excluding carboxylic acids is 1. The first-order chi connectivity index (χ1) is 12.9. The van der Waals surface area contributed by atoms with Crippen LogP contribution < -0.4 is 0 Å². The third kappa shape index (κ3) is 3.35. The first-order valence-corrected chi connectivity index (χ1v) is 11.4. The molecule has 0 radical (unpaired) electrons. The van der Waals surface area contributed by atoms with E-state index in [4.69, 9.17) is 5.26 Å². The molecule has 0 spiro atoms. The molecule has 1 aliphatic heterocycles. The molecular weight excluding hydrogens is 382 g/mol. The number of rotatable bonds is 3. The molecule has 8 heteroatoms. The number of benzene rings is 1. The fourth-order valence-corrected chi connectivity index (χ4v) is 6.92. The highest BCUT2D eigenvalue weighted by molar-refractivity contribution is 7.91. The summed E-state index contributed by atoms with van der Waals surface area (Å²) in [4.78, 5) is 14.1. The lowest BCUT2D eigenvalue weighted by Crippen LogP contribution is -2.37. The minimum Gasteiger partial charge on any atom is -0.341 e. The summed E-state index contributed by atoms with van der Waals surface area (Å²) in [5.41, 5.74) is 1.22. The van der Waals surface area contributed by atoms with Gasteiger partial charge in [-0.25, -0.2) is 8.42 Å². The molecule has 1 amide bonds. The number of fused-ring (bicyclic) bond motifs is 1. The van der Waals surface area contributed by atoms with Gasteiger partial charge in [-0.2, -0.15) is 9.57 Å². The van der Waals surface area contributed by atoms with E-state index in [1.165, 1.54) is 15.6 Å². The molecule has 27 heavy (non-hydrogen) atoms. The fraction of sp³-hybridized carbons (Fsp3) is 0.474. The minimum absolute atomic E-state index is 0.160. The lowest BCUT2D eigenvalue weighted by Gasteiger charge is -2.21. The Morgan fingerprint density at radius 3 is 2.70 bits per heavy atom. The van der Waals surface area contributed by atoms with Gasteiger partial charge in [0.1, 0.15) is 4.21 Å². The second-order valence-corrected chi connectivity index (χ2v) is 10.4. The summed E-state index contributed by atoms with van der Waals surface area (Å²) in [7, 11) is -3.62. The van der Waals surface area contributed by atoms with Crippen LogP contribution >= 0.6 is 11.3 Å². The molecule has 2 aliphatic rings. The van der Waals surface area contributed by atoms with Crippen LogP contribution in [0.3, 0.4) is 0 Å². The summed E-state index contributed by atoms with van der Waals surface area (Å²) < 4.78 is 29.3. The molecule has 6 nitrogen and oxygen atoms in total. The van der Waals surface area contributed by atoms with Crippen molar-refractivity contribution < 1.29 is 13.2 Å². The van der Waals surface area contributed by atoms with Gasteiger partial charge < -0.3 is 4.90 Å². The van der Waals surface area contributed by atoms with Gasteiger partial charge in [0.2, 0.25) is 5.91 Å². The van der Waals surface area contributed by atoms with Crippen LogP contribution in [-0.2, 0) is 14.8 Å². The first-order valence-electron chi connectivity index (χ1n) is 9.14. The van der Waals surface area contributed by atoms with E-state index in [2.05, 4.69) is 6.07 Å². The van der Waals surface area contributed by atoms with Crippen LogP contribution in [0, 0.1) is 24.2 Å². The molecule has 0 unspecified atom stereocenters. The molecule has 1 saturated heterocycles. The Hall–Kier alpha value is -1.95. The van der Waals surface area contributed by atoms with Gasteiger partial charge in [0.05, 0.1) is 11.6 Å². The van der Waals surface area contributed by atoms with Crippen molar-refractivity contribution in [2.24, 2.45) is 5.92 Å². The maximum absolute atomic E-state index is 13.3. The molecule has 0 bridgehead atoms. The number of nitrogens with zero attached hydrogens (tertiary/aromatic N) is 3. The number of thiophene rings is 1. The smallest absolute Gasteiger partial charge is 0.252 e. The summed E-state index contributed by atoms with van der Waals surface area (Å²) in [5, 5.41) is 9.92. The monoisotopic (exact) mass is 403 g/mol. The predicted molar refractivity (Wildman–Crippen MR) is 104 cm³/mol. The van der Waals surface area contributed by atoms with Crippen molar-refractivity contribution in [1.29, 1.82) is 5.26 Å². The molecule has 1 aromatic heterocycles. The highest BCUT2D eigenvalue weighted by Crippen LogP contribution is 2.37. The van der Waals surface area contributed by atoms with E-state index < -0.39 is 10.0 Å². The van der Waals surface area contributed by atoms with Gasteiger partial charge >= 0.3 is 0 Å². The largest absolute Gasteiger partial charge is 0.341 e. The molecule has 1 saturated carbocycles. The predicted octanol–water partition coefficient (Wildman–Crippen LogP) is 2.71. The van der Waals surface area contributed by atoms with Gasteiger partial charge in [0, 0.05) is 36.8 Å². The van der Waals surface area contributed by atoms with Gasteiger partial charge in [-0.05, 0) is 55.3 Å². The molecule has 2 heterocycles. The number of hydrogen-bond donors (Lipinski definition) is 0. The van der Waals surface area contributed by atoms with Gasteiger partial charge in [0.25, 0.3) is 10.0 Å². The van der Waals surface area contributed by atoms with Crippen LogP contribution in [0.25, 0.3) is 10.1 Å². The quantitative estimate of drug-likeness (QED) is 0.789. The third-order valence-corrected chi connectivity index (χ3v) is 9.06. The molecule has 142 valence electrons. The van der Waals surface area contributed by atoms with Crippen molar-refractivity contribution in [1.82, 2.24) is 9.21 Å². The van der Waals surface area contributed by atoms with Crippen molar-refractivity contribution in [3.63, 3.8) is 0 Å². The zero-order chi connectivity index (χ0) is 19.2. The Kier molecular flexibility index (Phi) is 4.70. The van der Waals surface area contributed by atoms with Crippen molar-refractivity contribution in [2.45, 2.75) is 30.4 Å². The Balaban J connectivity index is 1.61. The zero-order valence-corrected chi connectivity index (χ0v) is 16.8. The molecule has 1 aliphatic carbocycles. The summed E-state index contributed by atoms with van der Waals surface area (Å²) >= 11 is 1.25. The number of hydrogen-bond acceptors (Lipinski definition) is 5. The Bertz CT molecular complexity index is 1050. The summed E-state index contributed by atoms with van der Waals surface area (Å²) in [6, 6.07) is 7.37. The maximum atomic E-state index is 13.3. The van der Waals surface area contributed by atoms with Crippen LogP contribution in [0.15, 0.2) is 22.4 Å². The van der Waals surface area contributed by atoms with E-state index in [0.29, 0.717) is 47.9 Å². The van der Waals surface area contributed by atoms with E-state index in [-0.39, 0.29) is 11.8 Å². The summed E-state index contributed by atoms with van der Waals surface area (Å²) in [6.45, 7) is 3.63. The van der Waals surface area contributed by atoms with E-state index >= 15 is 0 Å². The van der Waals surface area contributed by atoms with Crippen LogP contribution in [0.4, 0.5) is 0 Å². The Morgan fingerprint density at radius 1 is 1.22 bits per heavy atom. The summed E-state index contributed by atoms with van der Waals surface area (Å²) in [5.74, 6) is 0.337. The lowest BCUT2D eigenvalue weighted by molar-refractivity contribution is -0.132. The molecular formula is C19H21N3O3S2. The normalized spacial score (nSPS) is 19.0. The first kappa shape index (κ1) is 18.4. The zero-order valence-electron chi connectivity index (χ0n) is 15.1. The summed E-state index contributed by atoms with van der Waals surface area (Å²) in [6.07, 6.45) is 2.58. The van der Waals surface area contributed by atoms with E-state index in [9.17, 15) is 13.2 Å².